The fourth-order valence-electron chi connectivity index (χ4n) is 3.16. The molecule has 1 aromatic heterocycles. The smallest absolute Gasteiger partial charge is 0.223 e. The minimum atomic E-state index is -0.341. The van der Waals surface area contributed by atoms with E-state index in [2.05, 4.69) is 34.4 Å². The standard InChI is InChI=1S/C17H29N3O2S/c1-12-10-23-16(19-12)20-7-5-14(6-8-20)15(22)18-11-17(3,4)9-13(2)21/h10,13-14,21H,5-9,11H2,1-4H3,(H,18,22). The van der Waals surface area contributed by atoms with E-state index in [4.69, 9.17) is 0 Å². The highest BCUT2D eigenvalue weighted by molar-refractivity contribution is 7.13. The lowest BCUT2D eigenvalue weighted by atomic mass is 9.86. The van der Waals surface area contributed by atoms with Crippen LogP contribution in [0.4, 0.5) is 5.13 Å². The first-order valence-corrected chi connectivity index (χ1v) is 9.28. The zero-order valence-corrected chi connectivity index (χ0v) is 15.4. The van der Waals surface area contributed by atoms with E-state index < -0.39 is 0 Å². The second-order valence-electron chi connectivity index (χ2n) is 7.47. The molecule has 0 saturated carbocycles. The van der Waals surface area contributed by atoms with Crippen LogP contribution in [0, 0.1) is 18.3 Å². The first kappa shape index (κ1) is 18.2. The molecule has 1 atom stereocenters. The van der Waals surface area contributed by atoms with Crippen LogP contribution in [0.2, 0.25) is 0 Å². The summed E-state index contributed by atoms with van der Waals surface area (Å²) in [6.07, 6.45) is 2.10. The second-order valence-corrected chi connectivity index (χ2v) is 8.30. The van der Waals surface area contributed by atoms with Crippen molar-refractivity contribution in [1.29, 1.82) is 0 Å². The number of piperidine rings is 1. The van der Waals surface area contributed by atoms with Crippen molar-refractivity contribution in [2.75, 3.05) is 24.5 Å². The molecule has 1 unspecified atom stereocenters. The Morgan fingerprint density at radius 2 is 2.17 bits per heavy atom. The van der Waals surface area contributed by atoms with Gasteiger partial charge in [0.05, 0.1) is 11.8 Å². The maximum absolute atomic E-state index is 12.4. The van der Waals surface area contributed by atoms with Gasteiger partial charge in [-0.1, -0.05) is 13.8 Å². The predicted molar refractivity (Wildman–Crippen MR) is 94.9 cm³/mol. The van der Waals surface area contributed by atoms with Crippen molar-refractivity contribution in [3.8, 4) is 0 Å². The maximum atomic E-state index is 12.4. The summed E-state index contributed by atoms with van der Waals surface area (Å²) < 4.78 is 0. The van der Waals surface area contributed by atoms with E-state index in [0.29, 0.717) is 13.0 Å². The van der Waals surface area contributed by atoms with E-state index in [1.54, 1.807) is 18.3 Å². The molecule has 130 valence electrons. The average molecular weight is 340 g/mol. The molecule has 5 nitrogen and oxygen atoms in total. The largest absolute Gasteiger partial charge is 0.393 e. The fourth-order valence-corrected chi connectivity index (χ4v) is 4.02. The molecule has 1 aromatic rings. The number of carbonyl (C=O) groups is 1. The number of aliphatic hydroxyl groups excluding tert-OH is 1. The Morgan fingerprint density at radius 1 is 1.52 bits per heavy atom. The Kier molecular flexibility index (Phi) is 6.03. The number of carbonyl (C=O) groups excluding carboxylic acids is 1. The second kappa shape index (κ2) is 7.62. The third kappa shape index (κ3) is 5.46. The van der Waals surface area contributed by atoms with Gasteiger partial charge in [0.15, 0.2) is 5.13 Å². The van der Waals surface area contributed by atoms with E-state index in [9.17, 15) is 9.90 Å². The molecule has 2 heterocycles. The molecule has 0 aliphatic carbocycles. The summed E-state index contributed by atoms with van der Waals surface area (Å²) in [4.78, 5) is 19.2. The van der Waals surface area contributed by atoms with Crippen LogP contribution in [0.1, 0.15) is 45.7 Å². The van der Waals surface area contributed by atoms with Crippen molar-refractivity contribution in [3.63, 3.8) is 0 Å². The molecule has 2 rings (SSSR count). The van der Waals surface area contributed by atoms with Gasteiger partial charge in [-0.25, -0.2) is 4.98 Å². The normalized spacial score (nSPS) is 18.0. The van der Waals surface area contributed by atoms with Crippen LogP contribution >= 0.6 is 11.3 Å². The van der Waals surface area contributed by atoms with E-state index >= 15 is 0 Å². The predicted octanol–water partition coefficient (Wildman–Crippen LogP) is 2.58. The molecule has 1 saturated heterocycles. The average Bonchev–Trinajstić information content (AvgIpc) is 2.90. The molecule has 0 aromatic carbocycles. The van der Waals surface area contributed by atoms with Gasteiger partial charge in [0, 0.05) is 30.9 Å². The number of rotatable bonds is 6. The molecule has 1 aliphatic rings. The topological polar surface area (TPSA) is 65.5 Å². The number of aryl methyl sites for hydroxylation is 1. The van der Waals surface area contributed by atoms with E-state index in [1.165, 1.54) is 0 Å². The molecular weight excluding hydrogens is 310 g/mol. The van der Waals surface area contributed by atoms with Gasteiger partial charge in [-0.05, 0) is 38.5 Å². The third-order valence-electron chi connectivity index (χ3n) is 4.33. The lowest BCUT2D eigenvalue weighted by Gasteiger charge is -2.32. The Hall–Kier alpha value is -1.14. The van der Waals surface area contributed by atoms with Crippen molar-refractivity contribution in [1.82, 2.24) is 10.3 Å². The molecule has 1 amide bonds. The Balaban J connectivity index is 1.77. The summed E-state index contributed by atoms with van der Waals surface area (Å²) in [6.45, 7) is 10.3. The van der Waals surface area contributed by atoms with Crippen LogP contribution in [0.5, 0.6) is 0 Å². The third-order valence-corrected chi connectivity index (χ3v) is 5.35. The van der Waals surface area contributed by atoms with Crippen molar-refractivity contribution >= 4 is 22.4 Å². The molecule has 1 fully saturated rings. The summed E-state index contributed by atoms with van der Waals surface area (Å²) in [5, 5.41) is 15.7. The summed E-state index contributed by atoms with van der Waals surface area (Å²) in [5.74, 6) is 0.244. The number of nitrogens with one attached hydrogen (secondary N) is 1. The van der Waals surface area contributed by atoms with Gasteiger partial charge in [-0.2, -0.15) is 0 Å². The Labute approximate surface area is 143 Å². The quantitative estimate of drug-likeness (QED) is 0.836. The Bertz CT molecular complexity index is 520. The van der Waals surface area contributed by atoms with Gasteiger partial charge >= 0.3 is 0 Å². The van der Waals surface area contributed by atoms with Gasteiger partial charge in [-0.3, -0.25) is 4.79 Å². The van der Waals surface area contributed by atoms with E-state index in [-0.39, 0.29) is 23.3 Å². The zero-order valence-electron chi connectivity index (χ0n) is 14.6. The number of hydrogen-bond donors (Lipinski definition) is 2. The molecule has 0 bridgehead atoms. The maximum Gasteiger partial charge on any atom is 0.223 e. The van der Waals surface area contributed by atoms with Gasteiger partial charge in [0.2, 0.25) is 5.91 Å². The first-order chi connectivity index (χ1) is 10.8. The number of aliphatic hydroxyl groups is 1. The molecule has 1 aliphatic heterocycles. The summed E-state index contributed by atoms with van der Waals surface area (Å²) in [6, 6.07) is 0. The highest BCUT2D eigenvalue weighted by Crippen LogP contribution is 2.27. The van der Waals surface area contributed by atoms with E-state index in [1.807, 2.05) is 6.92 Å². The molecule has 0 radical (unpaired) electrons. The highest BCUT2D eigenvalue weighted by Gasteiger charge is 2.28. The summed E-state index contributed by atoms with van der Waals surface area (Å²) in [7, 11) is 0. The lowest BCUT2D eigenvalue weighted by Crippen LogP contribution is -2.43. The van der Waals surface area contributed by atoms with Gasteiger partial charge in [0.1, 0.15) is 0 Å². The highest BCUT2D eigenvalue weighted by atomic mass is 32.1. The number of amides is 1. The van der Waals surface area contributed by atoms with Gasteiger partial charge in [0.25, 0.3) is 0 Å². The monoisotopic (exact) mass is 339 g/mol. The van der Waals surface area contributed by atoms with Crippen LogP contribution in [0.15, 0.2) is 5.38 Å². The number of nitrogens with zero attached hydrogens (tertiary/aromatic N) is 2. The van der Waals surface area contributed by atoms with E-state index in [0.717, 1.165) is 36.8 Å². The fraction of sp³-hybridized carbons (Fsp3) is 0.765. The van der Waals surface area contributed by atoms with Crippen LogP contribution in [-0.2, 0) is 4.79 Å². The summed E-state index contributed by atoms with van der Waals surface area (Å²) in [5.41, 5.74) is 0.980. The van der Waals surface area contributed by atoms with Crippen LogP contribution in [-0.4, -0.2) is 41.7 Å². The van der Waals surface area contributed by atoms with Crippen molar-refractivity contribution in [2.24, 2.45) is 11.3 Å². The van der Waals surface area contributed by atoms with Crippen molar-refractivity contribution in [2.45, 2.75) is 53.1 Å². The first-order valence-electron chi connectivity index (χ1n) is 8.40. The van der Waals surface area contributed by atoms with Crippen LogP contribution in [0.25, 0.3) is 0 Å². The van der Waals surface area contributed by atoms with Crippen LogP contribution < -0.4 is 10.2 Å². The minimum Gasteiger partial charge on any atom is -0.393 e. The van der Waals surface area contributed by atoms with Crippen molar-refractivity contribution in [3.05, 3.63) is 11.1 Å². The molecule has 0 spiro atoms. The number of hydrogen-bond acceptors (Lipinski definition) is 5. The lowest BCUT2D eigenvalue weighted by molar-refractivity contribution is -0.126. The SMILES string of the molecule is Cc1csc(N2CCC(C(=O)NCC(C)(C)CC(C)O)CC2)n1. The summed E-state index contributed by atoms with van der Waals surface area (Å²) >= 11 is 1.68. The Morgan fingerprint density at radius 3 is 2.70 bits per heavy atom. The molecular formula is C17H29N3O2S. The number of anilines is 1. The van der Waals surface area contributed by atoms with Crippen LogP contribution in [0.3, 0.4) is 0 Å². The molecule has 2 N–H and O–H groups in total. The number of thiazole rings is 1. The minimum absolute atomic E-state index is 0.0804. The van der Waals surface area contributed by atoms with Gasteiger partial charge < -0.3 is 15.3 Å². The van der Waals surface area contributed by atoms with Crippen molar-refractivity contribution < 1.29 is 9.90 Å². The zero-order chi connectivity index (χ0) is 17.0. The molecule has 23 heavy (non-hydrogen) atoms. The molecule has 6 heteroatoms. The number of aromatic nitrogens is 1. The van der Waals surface area contributed by atoms with Gasteiger partial charge in [-0.15, -0.1) is 11.3 Å².